The summed E-state index contributed by atoms with van der Waals surface area (Å²) in [6.07, 6.45) is 0. The molecule has 2 rings (SSSR count). The topological polar surface area (TPSA) is 81.1 Å². The SMILES string of the molecule is Cc1cc(C)n(CC(=O)NCCS(=O)(=O)c2ccccc2)n1. The lowest BCUT2D eigenvalue weighted by atomic mass is 10.4. The van der Waals surface area contributed by atoms with Gasteiger partial charge in [-0.15, -0.1) is 0 Å². The fourth-order valence-electron chi connectivity index (χ4n) is 2.10. The van der Waals surface area contributed by atoms with Crippen molar-refractivity contribution in [1.82, 2.24) is 15.1 Å². The molecule has 0 unspecified atom stereocenters. The van der Waals surface area contributed by atoms with Gasteiger partial charge >= 0.3 is 0 Å². The van der Waals surface area contributed by atoms with Gasteiger partial charge in [0.25, 0.3) is 0 Å². The molecule has 22 heavy (non-hydrogen) atoms. The normalized spacial score (nSPS) is 11.4. The molecule has 0 aliphatic rings. The average molecular weight is 321 g/mol. The second-order valence-electron chi connectivity index (χ2n) is 5.07. The van der Waals surface area contributed by atoms with Gasteiger partial charge in [0.2, 0.25) is 5.91 Å². The van der Waals surface area contributed by atoms with Crippen molar-refractivity contribution in [2.45, 2.75) is 25.3 Å². The lowest BCUT2D eigenvalue weighted by molar-refractivity contribution is -0.121. The van der Waals surface area contributed by atoms with Gasteiger partial charge in [0.1, 0.15) is 6.54 Å². The summed E-state index contributed by atoms with van der Waals surface area (Å²) in [6.45, 7) is 3.89. The Balaban J connectivity index is 1.86. The van der Waals surface area contributed by atoms with Gasteiger partial charge in [0.15, 0.2) is 9.84 Å². The molecule has 0 atom stereocenters. The van der Waals surface area contributed by atoms with Crippen LogP contribution >= 0.6 is 0 Å². The molecule has 1 aromatic carbocycles. The lowest BCUT2D eigenvalue weighted by Gasteiger charge is -2.07. The summed E-state index contributed by atoms with van der Waals surface area (Å²) in [5.74, 6) is -0.380. The minimum absolute atomic E-state index is 0.0787. The summed E-state index contributed by atoms with van der Waals surface area (Å²) in [5.41, 5.74) is 1.74. The van der Waals surface area contributed by atoms with E-state index in [4.69, 9.17) is 0 Å². The standard InChI is InChI=1S/C15H19N3O3S/c1-12-10-13(2)18(17-12)11-15(19)16-8-9-22(20,21)14-6-4-3-5-7-14/h3-7,10H,8-9,11H2,1-2H3,(H,16,19). The van der Waals surface area contributed by atoms with Crippen LogP contribution in [-0.2, 0) is 21.2 Å². The van der Waals surface area contributed by atoms with Crippen molar-refractivity contribution in [1.29, 1.82) is 0 Å². The van der Waals surface area contributed by atoms with E-state index in [0.717, 1.165) is 11.4 Å². The fraction of sp³-hybridized carbons (Fsp3) is 0.333. The number of amides is 1. The van der Waals surface area contributed by atoms with Crippen LogP contribution in [0.3, 0.4) is 0 Å². The van der Waals surface area contributed by atoms with Gasteiger partial charge in [-0.1, -0.05) is 18.2 Å². The molecular weight excluding hydrogens is 302 g/mol. The molecule has 1 amide bonds. The number of benzene rings is 1. The number of carbonyl (C=O) groups is 1. The molecular formula is C15H19N3O3S. The predicted octanol–water partition coefficient (Wildman–Crippen LogP) is 1.09. The van der Waals surface area contributed by atoms with E-state index in [2.05, 4.69) is 10.4 Å². The van der Waals surface area contributed by atoms with Crippen LogP contribution in [0, 0.1) is 13.8 Å². The van der Waals surface area contributed by atoms with E-state index in [9.17, 15) is 13.2 Å². The van der Waals surface area contributed by atoms with E-state index in [0.29, 0.717) is 0 Å². The van der Waals surface area contributed by atoms with Crippen molar-refractivity contribution in [3.05, 3.63) is 47.8 Å². The summed E-state index contributed by atoms with van der Waals surface area (Å²) in [5, 5.41) is 6.81. The maximum atomic E-state index is 12.1. The zero-order valence-electron chi connectivity index (χ0n) is 12.6. The Bertz CT molecular complexity index is 752. The first kappa shape index (κ1) is 16.2. The van der Waals surface area contributed by atoms with Crippen molar-refractivity contribution in [2.24, 2.45) is 0 Å². The molecule has 0 bridgehead atoms. The average Bonchev–Trinajstić information content (AvgIpc) is 2.77. The summed E-state index contributed by atoms with van der Waals surface area (Å²) in [4.78, 5) is 12.1. The minimum atomic E-state index is -3.37. The van der Waals surface area contributed by atoms with Crippen molar-refractivity contribution in [3.63, 3.8) is 0 Å². The largest absolute Gasteiger partial charge is 0.353 e. The van der Waals surface area contributed by atoms with E-state index >= 15 is 0 Å². The molecule has 118 valence electrons. The number of carbonyl (C=O) groups excluding carboxylic acids is 1. The van der Waals surface area contributed by atoms with Crippen LogP contribution < -0.4 is 5.32 Å². The maximum Gasteiger partial charge on any atom is 0.241 e. The number of nitrogens with zero attached hydrogens (tertiary/aromatic N) is 2. The Morgan fingerprint density at radius 1 is 1.23 bits per heavy atom. The molecule has 0 radical (unpaired) electrons. The first-order valence-corrected chi connectivity index (χ1v) is 8.59. The van der Waals surface area contributed by atoms with Gasteiger partial charge in [-0.25, -0.2) is 8.42 Å². The maximum absolute atomic E-state index is 12.1. The molecule has 0 saturated heterocycles. The summed E-state index contributed by atoms with van der Waals surface area (Å²) in [7, 11) is -3.37. The van der Waals surface area contributed by atoms with Gasteiger partial charge in [-0.2, -0.15) is 5.10 Å². The van der Waals surface area contributed by atoms with E-state index in [-0.39, 0.29) is 29.6 Å². The molecule has 1 N–H and O–H groups in total. The molecule has 6 nitrogen and oxygen atoms in total. The zero-order valence-corrected chi connectivity index (χ0v) is 13.4. The van der Waals surface area contributed by atoms with Crippen molar-refractivity contribution < 1.29 is 13.2 Å². The number of aromatic nitrogens is 2. The first-order valence-electron chi connectivity index (χ1n) is 6.94. The number of hydrogen-bond acceptors (Lipinski definition) is 4. The van der Waals surface area contributed by atoms with Crippen LogP contribution in [0.15, 0.2) is 41.3 Å². The van der Waals surface area contributed by atoms with Crippen LogP contribution in [0.2, 0.25) is 0 Å². The Morgan fingerprint density at radius 2 is 1.91 bits per heavy atom. The van der Waals surface area contributed by atoms with Crippen molar-refractivity contribution in [3.8, 4) is 0 Å². The zero-order chi connectivity index (χ0) is 16.2. The van der Waals surface area contributed by atoms with Gasteiger partial charge in [0.05, 0.1) is 16.3 Å². The number of hydrogen-bond donors (Lipinski definition) is 1. The molecule has 0 saturated carbocycles. The molecule has 0 fully saturated rings. The molecule has 7 heteroatoms. The number of nitrogens with one attached hydrogen (secondary N) is 1. The lowest BCUT2D eigenvalue weighted by Crippen LogP contribution is -2.32. The van der Waals surface area contributed by atoms with E-state index in [1.807, 2.05) is 19.9 Å². The summed E-state index contributed by atoms with van der Waals surface area (Å²) in [6, 6.07) is 10.1. The Labute approximate surface area is 130 Å². The first-order chi connectivity index (χ1) is 10.4. The Kier molecular flexibility index (Phi) is 4.97. The predicted molar refractivity (Wildman–Crippen MR) is 83.2 cm³/mol. The van der Waals surface area contributed by atoms with Crippen molar-refractivity contribution >= 4 is 15.7 Å². The second-order valence-corrected chi connectivity index (χ2v) is 7.18. The smallest absolute Gasteiger partial charge is 0.241 e. The third-order valence-corrected chi connectivity index (χ3v) is 4.92. The van der Waals surface area contributed by atoms with E-state index in [1.165, 1.54) is 0 Å². The van der Waals surface area contributed by atoms with E-state index in [1.54, 1.807) is 35.0 Å². The molecule has 2 aromatic rings. The third-order valence-electron chi connectivity index (χ3n) is 3.19. The molecule has 1 aromatic heterocycles. The third kappa shape index (κ3) is 4.17. The second kappa shape index (κ2) is 6.74. The number of rotatable bonds is 6. The summed E-state index contributed by atoms with van der Waals surface area (Å²) < 4.78 is 25.7. The quantitative estimate of drug-likeness (QED) is 0.863. The highest BCUT2D eigenvalue weighted by Crippen LogP contribution is 2.09. The van der Waals surface area contributed by atoms with Crippen LogP contribution in [0.4, 0.5) is 0 Å². The Hall–Kier alpha value is -2.15. The monoisotopic (exact) mass is 321 g/mol. The van der Waals surface area contributed by atoms with Crippen LogP contribution in [0.1, 0.15) is 11.4 Å². The number of sulfone groups is 1. The number of aryl methyl sites for hydroxylation is 2. The molecule has 0 aliphatic carbocycles. The highest BCUT2D eigenvalue weighted by atomic mass is 32.2. The molecule has 0 aliphatic heterocycles. The molecule has 0 spiro atoms. The van der Waals surface area contributed by atoms with Crippen LogP contribution in [-0.4, -0.2) is 36.4 Å². The van der Waals surface area contributed by atoms with Crippen LogP contribution in [0.25, 0.3) is 0 Å². The summed E-state index contributed by atoms with van der Waals surface area (Å²) >= 11 is 0. The molecule has 1 heterocycles. The Morgan fingerprint density at radius 3 is 2.50 bits per heavy atom. The van der Waals surface area contributed by atoms with Crippen LogP contribution in [0.5, 0.6) is 0 Å². The van der Waals surface area contributed by atoms with Gasteiger partial charge in [-0.05, 0) is 32.0 Å². The van der Waals surface area contributed by atoms with E-state index < -0.39 is 9.84 Å². The van der Waals surface area contributed by atoms with Crippen molar-refractivity contribution in [2.75, 3.05) is 12.3 Å². The van der Waals surface area contributed by atoms with Gasteiger partial charge in [-0.3, -0.25) is 9.48 Å². The highest BCUT2D eigenvalue weighted by molar-refractivity contribution is 7.91. The van der Waals surface area contributed by atoms with Gasteiger partial charge < -0.3 is 5.32 Å². The minimum Gasteiger partial charge on any atom is -0.353 e. The highest BCUT2D eigenvalue weighted by Gasteiger charge is 2.14. The van der Waals surface area contributed by atoms with Gasteiger partial charge in [0, 0.05) is 12.2 Å². The fourth-order valence-corrected chi connectivity index (χ4v) is 3.28.